The van der Waals surface area contributed by atoms with Gasteiger partial charge >= 0.3 is 24.5 Å². The Morgan fingerprint density at radius 1 is 0.671 bits per heavy atom. The van der Waals surface area contributed by atoms with E-state index in [0.717, 1.165) is 51.7 Å². The number of methoxy groups -OCH3 is 2. The number of nitrogens with one attached hydrogen (secondary N) is 4. The fraction of sp³-hybridized carbons (Fsp3) is 0.500. The van der Waals surface area contributed by atoms with Crippen molar-refractivity contribution in [1.29, 1.82) is 0 Å². The fourth-order valence-electron chi connectivity index (χ4n) is 9.09. The SMILES string of the molecule is COC(=O)N[C@H](C(=O)N1C[C@H](F)C[C@H]1c1nc(Cl)c(-c2cc3c4c(c2)OCc2cc(-c5[nH]c([C@@H]6C[C@@H](F)CN6C(=O)[C@@H](NC(=O)OC)C(C)(C)C(F)(F)F)nc5Cl)cc(c2-4)OC3)[nH]1)C(C)(C)C(F)(F)F. The molecule has 0 bridgehead atoms. The number of hydrogen-bond donors (Lipinski definition) is 4. The molecular weight excluding hydrogens is 991 g/mol. The average Bonchev–Trinajstić information content (AvgIpc) is 4.09. The number of aromatic nitrogens is 4. The number of aromatic amines is 2. The van der Waals surface area contributed by atoms with Gasteiger partial charge in [-0.3, -0.25) is 9.59 Å². The van der Waals surface area contributed by atoms with Crippen LogP contribution in [-0.2, 0) is 32.3 Å². The number of nitrogens with zero attached hydrogens (tertiary/aromatic N) is 4. The number of likely N-dealkylation sites (tertiary alicyclic amines) is 2. The summed E-state index contributed by atoms with van der Waals surface area (Å²) in [6.45, 7) is 1.70. The van der Waals surface area contributed by atoms with Crippen molar-refractivity contribution < 1.29 is 73.2 Å². The topological polar surface area (TPSA) is 193 Å². The summed E-state index contributed by atoms with van der Waals surface area (Å²) in [5.74, 6) is -1.69. The fourth-order valence-corrected chi connectivity index (χ4v) is 9.59. The minimum Gasteiger partial charge on any atom is -0.488 e. The Hall–Kier alpha value is -6.04. The lowest BCUT2D eigenvalue weighted by Gasteiger charge is -2.38. The molecule has 0 saturated carbocycles. The highest BCUT2D eigenvalue weighted by Crippen LogP contribution is 2.52. The van der Waals surface area contributed by atoms with Gasteiger partial charge in [0, 0.05) is 46.2 Å². The molecule has 16 nitrogen and oxygen atoms in total. The Bertz CT molecular complexity index is 2530. The zero-order valence-corrected chi connectivity index (χ0v) is 39.4. The third-order valence-corrected chi connectivity index (χ3v) is 13.9. The lowest BCUT2D eigenvalue weighted by molar-refractivity contribution is -0.222. The lowest BCUT2D eigenvalue weighted by Crippen LogP contribution is -2.60. The predicted octanol–water partition coefficient (Wildman–Crippen LogP) is 9.07. The summed E-state index contributed by atoms with van der Waals surface area (Å²) in [6.07, 6.45) is -16.6. The van der Waals surface area contributed by atoms with Crippen molar-refractivity contribution in [2.45, 2.75) is 103 Å². The van der Waals surface area contributed by atoms with Crippen LogP contribution in [0.5, 0.6) is 11.5 Å². The Morgan fingerprint density at radius 3 is 1.36 bits per heavy atom. The van der Waals surface area contributed by atoms with E-state index in [9.17, 15) is 45.5 Å². The van der Waals surface area contributed by atoms with Crippen LogP contribution in [0.4, 0.5) is 44.7 Å². The van der Waals surface area contributed by atoms with Crippen LogP contribution in [0.25, 0.3) is 33.6 Å². The summed E-state index contributed by atoms with van der Waals surface area (Å²) in [7, 11) is 1.84. The Balaban J connectivity index is 1.07. The molecule has 4 aromatic rings. The van der Waals surface area contributed by atoms with E-state index in [4.69, 9.17) is 32.7 Å². The highest BCUT2D eigenvalue weighted by molar-refractivity contribution is 6.32. The second-order valence-corrected chi connectivity index (χ2v) is 19.1. The Labute approximate surface area is 403 Å². The molecule has 4 N–H and O–H groups in total. The number of imidazole rings is 2. The highest BCUT2D eigenvalue weighted by Gasteiger charge is 2.59. The van der Waals surface area contributed by atoms with Crippen LogP contribution in [-0.4, -0.2) is 118 Å². The van der Waals surface area contributed by atoms with Crippen molar-refractivity contribution >= 4 is 47.2 Å². The van der Waals surface area contributed by atoms with Gasteiger partial charge < -0.3 is 49.3 Å². The maximum Gasteiger partial charge on any atom is 0.407 e. The quantitative estimate of drug-likeness (QED) is 0.111. The van der Waals surface area contributed by atoms with Crippen molar-refractivity contribution in [3.8, 4) is 45.1 Å². The molecular formula is C44H44Cl2F8N8O8. The second kappa shape index (κ2) is 18.0. The molecule has 2 fully saturated rings. The summed E-state index contributed by atoms with van der Waals surface area (Å²) < 4.78 is 137. The van der Waals surface area contributed by atoms with Gasteiger partial charge in [0.1, 0.15) is 60.8 Å². The molecule has 6 atom stereocenters. The third kappa shape index (κ3) is 8.78. The number of amides is 4. The van der Waals surface area contributed by atoms with E-state index >= 15 is 8.78 Å². The first-order valence-corrected chi connectivity index (χ1v) is 22.2. The first-order chi connectivity index (χ1) is 32.7. The number of hydrogen-bond acceptors (Lipinski definition) is 10. The first kappa shape index (κ1) is 50.4. The van der Waals surface area contributed by atoms with E-state index in [2.05, 4.69) is 29.4 Å². The van der Waals surface area contributed by atoms with Gasteiger partial charge in [0.15, 0.2) is 10.3 Å². The summed E-state index contributed by atoms with van der Waals surface area (Å²) in [5, 5.41) is 3.72. The molecule has 4 aliphatic rings. The maximum absolute atomic E-state index is 15.1. The molecule has 0 spiro atoms. The number of alkyl halides is 8. The Kier molecular flexibility index (Phi) is 12.9. The number of carbonyl (C=O) groups is 4. The monoisotopic (exact) mass is 1030 g/mol. The van der Waals surface area contributed by atoms with Crippen molar-refractivity contribution in [2.75, 3.05) is 27.3 Å². The van der Waals surface area contributed by atoms with Gasteiger partial charge in [-0.2, -0.15) is 26.3 Å². The largest absolute Gasteiger partial charge is 0.488 e. The molecule has 0 radical (unpaired) electrons. The van der Waals surface area contributed by atoms with Crippen LogP contribution in [0, 0.1) is 10.8 Å². The molecule has 4 aliphatic heterocycles. The van der Waals surface area contributed by atoms with Gasteiger partial charge in [0.25, 0.3) is 0 Å². The normalized spacial score (nSPS) is 20.8. The number of ether oxygens (including phenoxy) is 4. The van der Waals surface area contributed by atoms with Crippen LogP contribution in [0.1, 0.15) is 75.4 Å². The minimum atomic E-state index is -4.98. The zero-order valence-electron chi connectivity index (χ0n) is 37.9. The van der Waals surface area contributed by atoms with Crippen molar-refractivity contribution in [3.63, 3.8) is 0 Å². The van der Waals surface area contributed by atoms with Crippen molar-refractivity contribution in [1.82, 2.24) is 40.4 Å². The summed E-state index contributed by atoms with van der Waals surface area (Å²) >= 11 is 13.3. The van der Waals surface area contributed by atoms with Gasteiger partial charge in [-0.25, -0.2) is 28.3 Å². The van der Waals surface area contributed by atoms with Gasteiger partial charge in [-0.15, -0.1) is 0 Å². The van der Waals surface area contributed by atoms with Gasteiger partial charge in [0.2, 0.25) is 11.8 Å². The standard InChI is InChI=1S/C44H44Cl2F8N8O8/c1-41(2,43(49,50)51)31(57-39(65)67-5)37(63)61-13-21(47)11-23(61)35-55-29(33(45)59-35)17-7-19-15-70-26-10-18(8-20-16-69-25(9-17)27(19)28(20)26)30-34(46)60-36(56-30)24-12-22(48)14-62(24)38(64)32(58-40(66)68-6)42(3,4)44(52,53)54/h7-10,21-24,31-32H,11-16H2,1-6H3,(H,55,59)(H,56,60)(H,57,65)(H,58,66)/t21-,22-,23+,24+,31-,32-/m1/s1. The molecule has 2 saturated heterocycles. The van der Waals surface area contributed by atoms with Gasteiger partial charge in [-0.05, 0) is 52.0 Å². The number of alkyl carbamates (subject to hydrolysis) is 2. The second-order valence-electron chi connectivity index (χ2n) is 18.4. The van der Waals surface area contributed by atoms with Crippen molar-refractivity contribution in [2.24, 2.45) is 10.8 Å². The lowest BCUT2D eigenvalue weighted by atomic mass is 9.82. The van der Waals surface area contributed by atoms with Crippen molar-refractivity contribution in [3.05, 3.63) is 57.3 Å². The van der Waals surface area contributed by atoms with Crippen LogP contribution in [0.2, 0.25) is 10.3 Å². The maximum atomic E-state index is 15.1. The first-order valence-electron chi connectivity index (χ1n) is 21.5. The van der Waals surface area contributed by atoms with E-state index in [-0.39, 0.29) is 59.4 Å². The molecule has 6 heterocycles. The summed E-state index contributed by atoms with van der Waals surface area (Å²) in [5.41, 5.74) is -1.72. The van der Waals surface area contributed by atoms with Crippen LogP contribution in [0.3, 0.4) is 0 Å². The molecule has 4 amide bonds. The number of carbonyl (C=O) groups excluding carboxylic acids is 4. The molecule has 378 valence electrons. The molecule has 0 unspecified atom stereocenters. The number of halogens is 10. The highest BCUT2D eigenvalue weighted by atomic mass is 35.5. The third-order valence-electron chi connectivity index (χ3n) is 13.3. The molecule has 0 aliphatic carbocycles. The van der Waals surface area contributed by atoms with Crippen LogP contribution < -0.4 is 20.1 Å². The average molecular weight is 1040 g/mol. The van der Waals surface area contributed by atoms with E-state index in [1.165, 1.54) is 0 Å². The van der Waals surface area contributed by atoms with E-state index in [1.54, 1.807) is 24.3 Å². The minimum absolute atomic E-state index is 0.0138. The molecule has 26 heteroatoms. The van der Waals surface area contributed by atoms with E-state index < -0.39 is 96.8 Å². The molecule has 70 heavy (non-hydrogen) atoms. The van der Waals surface area contributed by atoms with Gasteiger partial charge in [-0.1, -0.05) is 23.2 Å². The smallest absolute Gasteiger partial charge is 0.407 e. The number of rotatable bonds is 10. The number of H-pyrrole nitrogens is 2. The molecule has 2 aromatic heterocycles. The number of benzene rings is 2. The summed E-state index contributed by atoms with van der Waals surface area (Å²) in [4.78, 5) is 68.5. The Morgan fingerprint density at radius 2 is 1.03 bits per heavy atom. The molecule has 8 rings (SSSR count). The zero-order chi connectivity index (χ0) is 51.2. The van der Waals surface area contributed by atoms with Crippen LogP contribution >= 0.6 is 23.2 Å². The van der Waals surface area contributed by atoms with E-state index in [0.29, 0.717) is 44.9 Å². The summed E-state index contributed by atoms with van der Waals surface area (Å²) in [6, 6.07) is -0.0186. The molecule has 2 aromatic carbocycles. The van der Waals surface area contributed by atoms with Gasteiger partial charge in [0.05, 0.1) is 61.6 Å². The van der Waals surface area contributed by atoms with E-state index in [1.807, 2.05) is 10.6 Å². The van der Waals surface area contributed by atoms with Crippen LogP contribution in [0.15, 0.2) is 24.3 Å². The predicted molar refractivity (Wildman–Crippen MR) is 232 cm³/mol.